The number of rotatable bonds is 2. The number of hydrogen-bond acceptors (Lipinski definition) is 2. The molecule has 0 bridgehead atoms. The van der Waals surface area contributed by atoms with Crippen molar-refractivity contribution in [2.24, 2.45) is 5.73 Å². The van der Waals surface area contributed by atoms with Crippen molar-refractivity contribution < 1.29 is 4.79 Å². The van der Waals surface area contributed by atoms with Crippen LogP contribution in [0.1, 0.15) is 13.3 Å². The highest BCUT2D eigenvalue weighted by atomic mass is 16.2. The normalized spacial score (nSPS) is 11.3. The van der Waals surface area contributed by atoms with Crippen LogP contribution in [0.15, 0.2) is 11.8 Å². The lowest BCUT2D eigenvalue weighted by molar-refractivity contribution is -0.124. The minimum absolute atomic E-state index is 0.123. The molecule has 10 heavy (non-hydrogen) atoms. The van der Waals surface area contributed by atoms with E-state index in [1.54, 1.807) is 20.2 Å². The van der Waals surface area contributed by atoms with Gasteiger partial charge in [0.05, 0.1) is 5.70 Å². The van der Waals surface area contributed by atoms with Gasteiger partial charge in [-0.25, -0.2) is 0 Å². The van der Waals surface area contributed by atoms with E-state index >= 15 is 0 Å². The number of nitrogens with two attached hydrogens (primary N) is 1. The van der Waals surface area contributed by atoms with E-state index in [0.29, 0.717) is 5.70 Å². The van der Waals surface area contributed by atoms with Crippen molar-refractivity contribution in [1.29, 1.82) is 0 Å². The third kappa shape index (κ3) is 2.53. The second-order valence-corrected chi connectivity index (χ2v) is 2.27. The molecular formula is C7H14N2O. The van der Waals surface area contributed by atoms with Gasteiger partial charge in [0.15, 0.2) is 0 Å². The van der Waals surface area contributed by atoms with Gasteiger partial charge >= 0.3 is 0 Å². The van der Waals surface area contributed by atoms with E-state index in [0.717, 1.165) is 6.42 Å². The van der Waals surface area contributed by atoms with Gasteiger partial charge in [0.2, 0.25) is 0 Å². The zero-order chi connectivity index (χ0) is 8.15. The molecule has 58 valence electrons. The fraction of sp³-hybridized carbons (Fsp3) is 0.571. The summed E-state index contributed by atoms with van der Waals surface area (Å²) in [5.41, 5.74) is 5.72. The summed E-state index contributed by atoms with van der Waals surface area (Å²) < 4.78 is 0. The summed E-state index contributed by atoms with van der Waals surface area (Å²) in [6, 6.07) is 0. The molecule has 0 aliphatic carbocycles. The van der Waals surface area contributed by atoms with Crippen LogP contribution in [-0.4, -0.2) is 24.9 Å². The maximum Gasteiger partial charge on any atom is 0.268 e. The molecule has 0 saturated carbocycles. The highest BCUT2D eigenvalue weighted by Crippen LogP contribution is 1.91. The van der Waals surface area contributed by atoms with Crippen LogP contribution in [0.5, 0.6) is 0 Å². The van der Waals surface area contributed by atoms with E-state index < -0.39 is 0 Å². The molecule has 0 rings (SSSR count). The molecule has 0 saturated heterocycles. The van der Waals surface area contributed by atoms with Gasteiger partial charge < -0.3 is 10.6 Å². The molecule has 3 nitrogen and oxygen atoms in total. The second kappa shape index (κ2) is 3.93. The van der Waals surface area contributed by atoms with Crippen LogP contribution in [0.3, 0.4) is 0 Å². The largest absolute Gasteiger partial charge is 0.395 e. The Labute approximate surface area is 61.5 Å². The zero-order valence-electron chi connectivity index (χ0n) is 6.72. The predicted molar refractivity (Wildman–Crippen MR) is 41.3 cm³/mol. The molecule has 0 aromatic heterocycles. The summed E-state index contributed by atoms with van der Waals surface area (Å²) in [6.07, 6.45) is 2.51. The number of hydrogen-bond donors (Lipinski definition) is 1. The van der Waals surface area contributed by atoms with Crippen molar-refractivity contribution >= 4 is 5.91 Å². The lowest BCUT2D eigenvalue weighted by Gasteiger charge is -2.09. The molecule has 1 amide bonds. The average molecular weight is 142 g/mol. The molecule has 0 fully saturated rings. The summed E-state index contributed by atoms with van der Waals surface area (Å²) in [5, 5.41) is 0. The van der Waals surface area contributed by atoms with Crippen LogP contribution in [0.25, 0.3) is 0 Å². The first-order valence-electron chi connectivity index (χ1n) is 3.26. The molecule has 3 heteroatoms. The van der Waals surface area contributed by atoms with Crippen LogP contribution in [0.2, 0.25) is 0 Å². The van der Waals surface area contributed by atoms with Crippen LogP contribution in [0, 0.1) is 0 Å². The number of allylic oxidation sites excluding steroid dienone is 1. The van der Waals surface area contributed by atoms with E-state index in [9.17, 15) is 4.79 Å². The van der Waals surface area contributed by atoms with Gasteiger partial charge in [0.1, 0.15) is 0 Å². The average Bonchev–Trinajstić information content (AvgIpc) is 1.87. The third-order valence-corrected chi connectivity index (χ3v) is 1.08. The van der Waals surface area contributed by atoms with E-state index in [1.165, 1.54) is 4.90 Å². The Hall–Kier alpha value is -0.990. The van der Waals surface area contributed by atoms with Crippen LogP contribution < -0.4 is 5.73 Å². The molecule has 0 aliphatic rings. The SMILES string of the molecule is CC/C=C(/N)C(=O)N(C)C. The molecule has 0 spiro atoms. The molecule has 0 aromatic carbocycles. The monoisotopic (exact) mass is 142 g/mol. The van der Waals surface area contributed by atoms with Gasteiger partial charge in [0, 0.05) is 14.1 Å². The van der Waals surface area contributed by atoms with Gasteiger partial charge in [-0.3, -0.25) is 4.79 Å². The first-order chi connectivity index (χ1) is 4.59. The molecular weight excluding hydrogens is 128 g/mol. The quantitative estimate of drug-likeness (QED) is 0.565. The molecule has 0 radical (unpaired) electrons. The van der Waals surface area contributed by atoms with Crippen molar-refractivity contribution in [3.05, 3.63) is 11.8 Å². The lowest BCUT2D eigenvalue weighted by Crippen LogP contribution is -2.27. The Bertz CT molecular complexity index is 150. The Kier molecular flexibility index (Phi) is 3.54. The maximum atomic E-state index is 11.0. The lowest BCUT2D eigenvalue weighted by atomic mass is 10.3. The van der Waals surface area contributed by atoms with Crippen LogP contribution >= 0.6 is 0 Å². The summed E-state index contributed by atoms with van der Waals surface area (Å²) in [6.45, 7) is 1.94. The smallest absolute Gasteiger partial charge is 0.268 e. The van der Waals surface area contributed by atoms with Gasteiger partial charge in [-0.1, -0.05) is 13.0 Å². The van der Waals surface area contributed by atoms with E-state index in [2.05, 4.69) is 0 Å². The van der Waals surface area contributed by atoms with E-state index in [4.69, 9.17) is 5.73 Å². The molecule has 0 aliphatic heterocycles. The third-order valence-electron chi connectivity index (χ3n) is 1.08. The molecule has 0 atom stereocenters. The molecule has 0 unspecified atom stereocenters. The summed E-state index contributed by atoms with van der Waals surface area (Å²) >= 11 is 0. The maximum absolute atomic E-state index is 11.0. The van der Waals surface area contributed by atoms with Gasteiger partial charge in [0.25, 0.3) is 5.91 Å². The van der Waals surface area contributed by atoms with Crippen molar-refractivity contribution in [3.8, 4) is 0 Å². The topological polar surface area (TPSA) is 46.3 Å². The second-order valence-electron chi connectivity index (χ2n) is 2.27. The number of carbonyl (C=O) groups excluding carboxylic acids is 1. The Morgan fingerprint density at radius 1 is 1.60 bits per heavy atom. The van der Waals surface area contributed by atoms with Crippen molar-refractivity contribution in [2.75, 3.05) is 14.1 Å². The Morgan fingerprint density at radius 3 is 2.40 bits per heavy atom. The summed E-state index contributed by atoms with van der Waals surface area (Å²) in [7, 11) is 3.36. The first-order valence-corrected chi connectivity index (χ1v) is 3.26. The van der Waals surface area contributed by atoms with Gasteiger partial charge in [-0.05, 0) is 6.42 Å². The Morgan fingerprint density at radius 2 is 2.10 bits per heavy atom. The number of likely N-dealkylation sites (N-methyl/N-ethyl adjacent to an activating group) is 1. The molecule has 2 N–H and O–H groups in total. The Balaban J connectivity index is 4.08. The standard InChI is InChI=1S/C7H14N2O/c1-4-5-6(8)7(10)9(2)3/h5H,4,8H2,1-3H3/b6-5+. The van der Waals surface area contributed by atoms with Gasteiger partial charge in [-0.2, -0.15) is 0 Å². The number of carbonyl (C=O) groups is 1. The number of nitrogens with zero attached hydrogens (tertiary/aromatic N) is 1. The minimum atomic E-state index is -0.123. The predicted octanol–water partition coefficient (Wildman–Crippen LogP) is 0.327. The first kappa shape index (κ1) is 9.01. The number of amides is 1. The molecule has 0 heterocycles. The van der Waals surface area contributed by atoms with Gasteiger partial charge in [-0.15, -0.1) is 0 Å². The highest BCUT2D eigenvalue weighted by molar-refractivity contribution is 5.91. The summed E-state index contributed by atoms with van der Waals surface area (Å²) in [5.74, 6) is -0.123. The van der Waals surface area contributed by atoms with E-state index in [-0.39, 0.29) is 5.91 Å². The van der Waals surface area contributed by atoms with Crippen LogP contribution in [0.4, 0.5) is 0 Å². The highest BCUT2D eigenvalue weighted by Gasteiger charge is 2.04. The van der Waals surface area contributed by atoms with Crippen molar-refractivity contribution in [2.45, 2.75) is 13.3 Å². The zero-order valence-corrected chi connectivity index (χ0v) is 6.72. The fourth-order valence-corrected chi connectivity index (χ4v) is 0.565. The van der Waals surface area contributed by atoms with E-state index in [1.807, 2.05) is 6.92 Å². The van der Waals surface area contributed by atoms with Crippen molar-refractivity contribution in [3.63, 3.8) is 0 Å². The van der Waals surface area contributed by atoms with Crippen LogP contribution in [-0.2, 0) is 4.79 Å². The summed E-state index contributed by atoms with van der Waals surface area (Å²) in [4.78, 5) is 12.4. The van der Waals surface area contributed by atoms with Crippen molar-refractivity contribution in [1.82, 2.24) is 4.90 Å². The molecule has 0 aromatic rings. The minimum Gasteiger partial charge on any atom is -0.395 e. The fourth-order valence-electron chi connectivity index (χ4n) is 0.565.